The van der Waals surface area contributed by atoms with Crippen LogP contribution in [-0.4, -0.2) is 34.4 Å². The molecule has 0 bridgehead atoms. The minimum Gasteiger partial charge on any atom is -0.229 e. The van der Waals surface area contributed by atoms with E-state index in [-0.39, 0.29) is 12.3 Å². The van der Waals surface area contributed by atoms with E-state index in [1.54, 1.807) is 0 Å². The van der Waals surface area contributed by atoms with Gasteiger partial charge < -0.3 is 0 Å². The Morgan fingerprint density at radius 2 is 2.10 bits per heavy atom. The maximum absolute atomic E-state index is 13.6. The number of sulfonamides is 1. The van der Waals surface area contributed by atoms with Crippen LogP contribution in [0.15, 0.2) is 27.6 Å². The Labute approximate surface area is 125 Å². The van der Waals surface area contributed by atoms with Crippen molar-refractivity contribution in [3.63, 3.8) is 0 Å². The van der Waals surface area contributed by atoms with Crippen molar-refractivity contribution in [1.29, 1.82) is 0 Å². The first kappa shape index (κ1) is 15.9. The zero-order valence-electron chi connectivity index (χ0n) is 10.3. The molecule has 1 unspecified atom stereocenters. The van der Waals surface area contributed by atoms with E-state index >= 15 is 0 Å². The van der Waals surface area contributed by atoms with Crippen LogP contribution in [0.1, 0.15) is 12.8 Å². The summed E-state index contributed by atoms with van der Waals surface area (Å²) in [5.74, 6) is -0.812. The molecule has 1 aromatic carbocycles. The fraction of sp³-hybridized carbons (Fsp3) is 0.455. The molecular formula is C11H13BrFNO4S2. The van der Waals surface area contributed by atoms with Crippen molar-refractivity contribution in [1.82, 2.24) is 4.72 Å². The summed E-state index contributed by atoms with van der Waals surface area (Å²) in [6, 6.07) is 3.58. The van der Waals surface area contributed by atoms with Gasteiger partial charge in [0, 0.05) is 11.0 Å². The summed E-state index contributed by atoms with van der Waals surface area (Å²) >= 11 is 3.04. The number of halogens is 2. The highest BCUT2D eigenvalue weighted by atomic mass is 79.9. The zero-order chi connectivity index (χ0) is 15.0. The molecule has 0 aromatic heterocycles. The monoisotopic (exact) mass is 385 g/mol. The molecule has 2 rings (SSSR count). The van der Waals surface area contributed by atoms with Gasteiger partial charge in [-0.25, -0.2) is 25.9 Å². The van der Waals surface area contributed by atoms with Crippen molar-refractivity contribution >= 4 is 35.8 Å². The van der Waals surface area contributed by atoms with Gasteiger partial charge in [-0.2, -0.15) is 0 Å². The van der Waals surface area contributed by atoms with Crippen molar-refractivity contribution in [2.24, 2.45) is 0 Å². The maximum atomic E-state index is 13.6. The lowest BCUT2D eigenvalue weighted by Crippen LogP contribution is -2.34. The third kappa shape index (κ3) is 3.38. The van der Waals surface area contributed by atoms with E-state index in [0.29, 0.717) is 17.3 Å². The molecular weight excluding hydrogens is 373 g/mol. The fourth-order valence-electron chi connectivity index (χ4n) is 2.06. The lowest BCUT2D eigenvalue weighted by molar-refractivity contribution is 0.552. The van der Waals surface area contributed by atoms with Crippen LogP contribution in [0.2, 0.25) is 0 Å². The largest absolute Gasteiger partial charge is 0.243 e. The second kappa shape index (κ2) is 5.70. The number of hydrogen-bond donors (Lipinski definition) is 1. The van der Waals surface area contributed by atoms with Gasteiger partial charge in [-0.15, -0.1) is 0 Å². The standard InChI is InChI=1S/C11H13BrFNO4S2/c12-8-3-4-11(10(13)6-8)20(17,18)14-7-9-2-1-5-19(9,15)16/h3-4,6,9,14H,1-2,5,7H2. The predicted octanol–water partition coefficient (Wildman–Crippen LogP) is 1.44. The molecule has 1 aromatic rings. The Morgan fingerprint density at radius 1 is 1.40 bits per heavy atom. The minimum absolute atomic E-state index is 0.0754. The third-order valence-electron chi connectivity index (χ3n) is 3.15. The summed E-state index contributed by atoms with van der Waals surface area (Å²) in [6.07, 6.45) is 0.953. The van der Waals surface area contributed by atoms with Gasteiger partial charge in [-0.05, 0) is 31.0 Å². The Kier molecular flexibility index (Phi) is 4.53. The number of rotatable bonds is 4. The van der Waals surface area contributed by atoms with Crippen molar-refractivity contribution in [2.75, 3.05) is 12.3 Å². The molecule has 1 heterocycles. The number of sulfone groups is 1. The molecule has 112 valence electrons. The van der Waals surface area contributed by atoms with E-state index in [1.807, 2.05) is 0 Å². The summed E-state index contributed by atoms with van der Waals surface area (Å²) < 4.78 is 63.4. The van der Waals surface area contributed by atoms with E-state index in [1.165, 1.54) is 6.07 Å². The molecule has 0 aliphatic carbocycles. The van der Waals surface area contributed by atoms with Crippen LogP contribution in [0, 0.1) is 5.82 Å². The van der Waals surface area contributed by atoms with Gasteiger partial charge in [-0.3, -0.25) is 0 Å². The highest BCUT2D eigenvalue weighted by Crippen LogP contribution is 2.22. The quantitative estimate of drug-likeness (QED) is 0.850. The first-order chi connectivity index (χ1) is 9.22. The van der Waals surface area contributed by atoms with Crippen molar-refractivity contribution in [3.05, 3.63) is 28.5 Å². The van der Waals surface area contributed by atoms with Crippen LogP contribution in [0.5, 0.6) is 0 Å². The Morgan fingerprint density at radius 3 is 2.65 bits per heavy atom. The molecule has 0 amide bonds. The average Bonchev–Trinajstić information content (AvgIpc) is 2.65. The van der Waals surface area contributed by atoms with E-state index in [0.717, 1.165) is 12.1 Å². The molecule has 0 spiro atoms. The molecule has 0 saturated carbocycles. The molecule has 9 heteroatoms. The van der Waals surface area contributed by atoms with Crippen LogP contribution in [-0.2, 0) is 19.9 Å². The van der Waals surface area contributed by atoms with Gasteiger partial charge in [0.15, 0.2) is 9.84 Å². The van der Waals surface area contributed by atoms with Crippen LogP contribution in [0.3, 0.4) is 0 Å². The molecule has 1 saturated heterocycles. The van der Waals surface area contributed by atoms with Crippen LogP contribution in [0.4, 0.5) is 4.39 Å². The summed E-state index contributed by atoms with van der Waals surface area (Å²) in [7, 11) is -7.29. The highest BCUT2D eigenvalue weighted by molar-refractivity contribution is 9.10. The Bertz CT molecular complexity index is 718. The van der Waals surface area contributed by atoms with Gasteiger partial charge in [0.25, 0.3) is 0 Å². The van der Waals surface area contributed by atoms with Crippen molar-refractivity contribution in [2.45, 2.75) is 23.0 Å². The molecule has 1 aliphatic heterocycles. The van der Waals surface area contributed by atoms with Crippen LogP contribution < -0.4 is 4.72 Å². The van der Waals surface area contributed by atoms with Gasteiger partial charge >= 0.3 is 0 Å². The van der Waals surface area contributed by atoms with Crippen LogP contribution >= 0.6 is 15.9 Å². The van der Waals surface area contributed by atoms with Gasteiger partial charge in [0.1, 0.15) is 10.7 Å². The Balaban J connectivity index is 2.16. The third-order valence-corrected chi connectivity index (χ3v) is 7.37. The van der Waals surface area contributed by atoms with Gasteiger partial charge in [0.2, 0.25) is 10.0 Å². The lowest BCUT2D eigenvalue weighted by Gasteiger charge is -2.12. The molecule has 1 atom stereocenters. The number of benzene rings is 1. The zero-order valence-corrected chi connectivity index (χ0v) is 13.6. The maximum Gasteiger partial charge on any atom is 0.243 e. The van der Waals surface area contributed by atoms with E-state index < -0.39 is 35.8 Å². The smallest absolute Gasteiger partial charge is 0.229 e. The molecule has 5 nitrogen and oxygen atoms in total. The molecule has 1 aliphatic rings. The van der Waals surface area contributed by atoms with E-state index in [2.05, 4.69) is 20.7 Å². The van der Waals surface area contributed by atoms with E-state index in [9.17, 15) is 21.2 Å². The van der Waals surface area contributed by atoms with Gasteiger partial charge in [0.05, 0.1) is 11.0 Å². The summed E-state index contributed by atoms with van der Waals surface area (Å²) in [5.41, 5.74) is 0. The lowest BCUT2D eigenvalue weighted by atomic mass is 10.2. The summed E-state index contributed by atoms with van der Waals surface area (Å²) in [6.45, 7) is -0.222. The fourth-order valence-corrected chi connectivity index (χ4v) is 5.40. The average molecular weight is 386 g/mol. The molecule has 1 fully saturated rings. The second-order valence-electron chi connectivity index (χ2n) is 4.56. The highest BCUT2D eigenvalue weighted by Gasteiger charge is 2.32. The number of hydrogen-bond acceptors (Lipinski definition) is 4. The van der Waals surface area contributed by atoms with Gasteiger partial charge in [-0.1, -0.05) is 15.9 Å². The topological polar surface area (TPSA) is 80.3 Å². The molecule has 1 N–H and O–H groups in total. The first-order valence-electron chi connectivity index (χ1n) is 5.89. The van der Waals surface area contributed by atoms with Crippen LogP contribution in [0.25, 0.3) is 0 Å². The SMILES string of the molecule is O=S(=O)(NCC1CCCS1(=O)=O)c1ccc(Br)cc1F. The van der Waals surface area contributed by atoms with Crippen molar-refractivity contribution in [3.8, 4) is 0 Å². The first-order valence-corrected chi connectivity index (χ1v) is 9.88. The summed E-state index contributed by atoms with van der Waals surface area (Å²) in [5, 5.41) is -0.726. The normalized spacial score (nSPS) is 22.0. The Hall–Kier alpha value is -0.510. The molecule has 0 radical (unpaired) electrons. The van der Waals surface area contributed by atoms with Crippen molar-refractivity contribution < 1.29 is 21.2 Å². The summed E-state index contributed by atoms with van der Waals surface area (Å²) in [4.78, 5) is -0.490. The predicted molar refractivity (Wildman–Crippen MR) is 76.1 cm³/mol. The molecule has 20 heavy (non-hydrogen) atoms. The minimum atomic E-state index is -4.06. The number of nitrogens with one attached hydrogen (secondary N) is 1. The second-order valence-corrected chi connectivity index (χ2v) is 9.61. The van der Waals surface area contributed by atoms with E-state index in [4.69, 9.17) is 0 Å².